The number of rotatable bonds is 5. The Kier molecular flexibility index (Phi) is 4.12. The first-order valence-corrected chi connectivity index (χ1v) is 6.53. The number of benzene rings is 1. The van der Waals surface area contributed by atoms with Gasteiger partial charge in [-0.15, -0.1) is 11.3 Å². The smallest absolute Gasteiger partial charge is 0.119 e. The summed E-state index contributed by atoms with van der Waals surface area (Å²) >= 11 is 1.66. The maximum atomic E-state index is 5.54. The van der Waals surface area contributed by atoms with Gasteiger partial charge in [0.25, 0.3) is 0 Å². The van der Waals surface area contributed by atoms with Crippen LogP contribution in [0.5, 0.6) is 5.75 Å². The summed E-state index contributed by atoms with van der Waals surface area (Å²) in [7, 11) is 0. The third kappa shape index (κ3) is 3.28. The summed E-state index contributed by atoms with van der Waals surface area (Å²) in [5.74, 6) is 0.883. The number of thiazole rings is 1. The fourth-order valence-electron chi connectivity index (χ4n) is 1.49. The van der Waals surface area contributed by atoms with Crippen molar-refractivity contribution in [2.45, 2.75) is 13.3 Å². The quantitative estimate of drug-likeness (QED) is 0.828. The highest BCUT2D eigenvalue weighted by Crippen LogP contribution is 2.23. The molecule has 0 fully saturated rings. The van der Waals surface area contributed by atoms with Crippen LogP contribution in [0, 0.1) is 6.92 Å². The van der Waals surface area contributed by atoms with Gasteiger partial charge in [-0.1, -0.05) is 0 Å². The number of aromatic nitrogens is 1. The average Bonchev–Trinajstić information content (AvgIpc) is 2.77. The molecule has 0 aliphatic rings. The zero-order valence-corrected chi connectivity index (χ0v) is 10.7. The van der Waals surface area contributed by atoms with Gasteiger partial charge in [0.2, 0.25) is 0 Å². The number of aryl methyl sites for hydroxylation is 1. The zero-order chi connectivity index (χ0) is 12.1. The van der Waals surface area contributed by atoms with Crippen molar-refractivity contribution in [3.05, 3.63) is 34.7 Å². The summed E-state index contributed by atoms with van der Waals surface area (Å²) in [6, 6.07) is 8.01. The Morgan fingerprint density at radius 1 is 1.29 bits per heavy atom. The van der Waals surface area contributed by atoms with E-state index in [1.165, 1.54) is 0 Å². The van der Waals surface area contributed by atoms with Crippen molar-refractivity contribution in [1.82, 2.24) is 4.98 Å². The number of hydrogen-bond donors (Lipinski definition) is 1. The average molecular weight is 248 g/mol. The molecule has 17 heavy (non-hydrogen) atoms. The lowest BCUT2D eigenvalue weighted by Crippen LogP contribution is -2.05. The topological polar surface area (TPSA) is 48.1 Å². The van der Waals surface area contributed by atoms with Gasteiger partial charge in [0, 0.05) is 10.9 Å². The molecule has 2 N–H and O–H groups in total. The van der Waals surface area contributed by atoms with Gasteiger partial charge in [0.05, 0.1) is 17.3 Å². The molecule has 0 radical (unpaired) electrons. The molecule has 0 amide bonds. The molecule has 0 bridgehead atoms. The molecule has 1 heterocycles. The van der Waals surface area contributed by atoms with Crippen molar-refractivity contribution in [2.75, 3.05) is 13.2 Å². The summed E-state index contributed by atoms with van der Waals surface area (Å²) < 4.78 is 5.54. The monoisotopic (exact) mass is 248 g/mol. The molecular weight excluding hydrogens is 232 g/mol. The SMILES string of the molecule is Cc1nc(-c2ccc(OCCCN)cc2)cs1. The number of nitrogens with zero attached hydrogens (tertiary/aromatic N) is 1. The van der Waals surface area contributed by atoms with Crippen molar-refractivity contribution in [3.8, 4) is 17.0 Å². The highest BCUT2D eigenvalue weighted by molar-refractivity contribution is 7.09. The molecule has 0 saturated heterocycles. The van der Waals surface area contributed by atoms with Gasteiger partial charge >= 0.3 is 0 Å². The van der Waals surface area contributed by atoms with Crippen molar-refractivity contribution in [1.29, 1.82) is 0 Å². The molecule has 1 aromatic carbocycles. The second-order valence-electron chi connectivity index (χ2n) is 3.77. The van der Waals surface area contributed by atoms with Crippen LogP contribution in [-0.4, -0.2) is 18.1 Å². The van der Waals surface area contributed by atoms with Gasteiger partial charge in [-0.3, -0.25) is 0 Å². The minimum atomic E-state index is 0.663. The standard InChI is InChI=1S/C13H16N2OS/c1-10-15-13(9-17-10)11-3-5-12(6-4-11)16-8-2-7-14/h3-6,9H,2,7-8,14H2,1H3. The van der Waals surface area contributed by atoms with E-state index in [0.717, 1.165) is 28.4 Å². The van der Waals surface area contributed by atoms with Crippen LogP contribution in [0.15, 0.2) is 29.6 Å². The number of hydrogen-bond acceptors (Lipinski definition) is 4. The Balaban J connectivity index is 2.02. The summed E-state index contributed by atoms with van der Waals surface area (Å²) in [6.07, 6.45) is 0.882. The number of ether oxygens (including phenoxy) is 1. The molecule has 0 spiro atoms. The Hall–Kier alpha value is -1.39. The first-order valence-electron chi connectivity index (χ1n) is 5.65. The molecule has 0 aliphatic carbocycles. The predicted octanol–water partition coefficient (Wildman–Crippen LogP) is 2.85. The molecule has 90 valence electrons. The van der Waals surface area contributed by atoms with Gasteiger partial charge < -0.3 is 10.5 Å². The van der Waals surface area contributed by atoms with E-state index in [1.807, 2.05) is 31.2 Å². The van der Waals surface area contributed by atoms with Gasteiger partial charge in [-0.05, 0) is 44.2 Å². The molecule has 0 aliphatic heterocycles. The molecule has 4 heteroatoms. The third-order valence-electron chi connectivity index (χ3n) is 2.39. The van der Waals surface area contributed by atoms with E-state index in [2.05, 4.69) is 10.4 Å². The second kappa shape index (κ2) is 5.80. The van der Waals surface area contributed by atoms with E-state index in [-0.39, 0.29) is 0 Å². The lowest BCUT2D eigenvalue weighted by Gasteiger charge is -2.05. The van der Waals surface area contributed by atoms with Crippen LogP contribution in [0.2, 0.25) is 0 Å². The van der Waals surface area contributed by atoms with Crippen molar-refractivity contribution in [3.63, 3.8) is 0 Å². The summed E-state index contributed by atoms with van der Waals surface area (Å²) in [6.45, 7) is 3.35. The van der Waals surface area contributed by atoms with Gasteiger partial charge in [-0.2, -0.15) is 0 Å². The van der Waals surface area contributed by atoms with Crippen molar-refractivity contribution < 1.29 is 4.74 Å². The molecular formula is C13H16N2OS. The molecule has 0 saturated carbocycles. The van der Waals surface area contributed by atoms with Crippen molar-refractivity contribution in [2.24, 2.45) is 5.73 Å². The maximum absolute atomic E-state index is 5.54. The lowest BCUT2D eigenvalue weighted by molar-refractivity contribution is 0.313. The van der Waals surface area contributed by atoms with E-state index in [0.29, 0.717) is 13.2 Å². The van der Waals surface area contributed by atoms with Crippen LogP contribution in [-0.2, 0) is 0 Å². The second-order valence-corrected chi connectivity index (χ2v) is 4.83. The van der Waals surface area contributed by atoms with Crippen LogP contribution in [0.1, 0.15) is 11.4 Å². The number of nitrogens with two attached hydrogens (primary N) is 1. The van der Waals surface area contributed by atoms with Gasteiger partial charge in [-0.25, -0.2) is 4.98 Å². The lowest BCUT2D eigenvalue weighted by atomic mass is 10.2. The van der Waals surface area contributed by atoms with E-state index in [4.69, 9.17) is 10.5 Å². The first-order chi connectivity index (χ1) is 8.29. The summed E-state index contributed by atoms with van der Waals surface area (Å²) in [5, 5.41) is 3.16. The summed E-state index contributed by atoms with van der Waals surface area (Å²) in [5.41, 5.74) is 7.56. The predicted molar refractivity (Wildman–Crippen MR) is 71.5 cm³/mol. The molecule has 3 nitrogen and oxygen atoms in total. The first kappa shape index (κ1) is 12.1. The fourth-order valence-corrected chi connectivity index (χ4v) is 2.11. The molecule has 0 unspecified atom stereocenters. The highest BCUT2D eigenvalue weighted by Gasteiger charge is 2.02. The van der Waals surface area contributed by atoms with E-state index < -0.39 is 0 Å². The molecule has 2 aromatic rings. The summed E-state index contributed by atoms with van der Waals surface area (Å²) in [4.78, 5) is 4.45. The van der Waals surface area contributed by atoms with Crippen LogP contribution < -0.4 is 10.5 Å². The van der Waals surface area contributed by atoms with Gasteiger partial charge in [0.1, 0.15) is 5.75 Å². The minimum Gasteiger partial charge on any atom is -0.494 e. The van der Waals surface area contributed by atoms with Crippen LogP contribution in [0.25, 0.3) is 11.3 Å². The van der Waals surface area contributed by atoms with Crippen LogP contribution in [0.4, 0.5) is 0 Å². The maximum Gasteiger partial charge on any atom is 0.119 e. The zero-order valence-electron chi connectivity index (χ0n) is 9.85. The Bertz CT molecular complexity index is 465. The van der Waals surface area contributed by atoms with E-state index in [1.54, 1.807) is 11.3 Å². The Labute approximate surface area is 105 Å². The molecule has 1 aromatic heterocycles. The third-order valence-corrected chi connectivity index (χ3v) is 3.16. The fraction of sp³-hybridized carbons (Fsp3) is 0.308. The van der Waals surface area contributed by atoms with Crippen molar-refractivity contribution >= 4 is 11.3 Å². The molecule has 2 rings (SSSR count). The van der Waals surface area contributed by atoms with Crippen LogP contribution in [0.3, 0.4) is 0 Å². The Morgan fingerprint density at radius 2 is 2.06 bits per heavy atom. The Morgan fingerprint density at radius 3 is 2.65 bits per heavy atom. The normalized spacial score (nSPS) is 10.5. The molecule has 0 atom stereocenters. The largest absolute Gasteiger partial charge is 0.494 e. The minimum absolute atomic E-state index is 0.663. The van der Waals surface area contributed by atoms with E-state index in [9.17, 15) is 0 Å². The van der Waals surface area contributed by atoms with Gasteiger partial charge in [0.15, 0.2) is 0 Å². The van der Waals surface area contributed by atoms with E-state index >= 15 is 0 Å². The van der Waals surface area contributed by atoms with Crippen LogP contribution >= 0.6 is 11.3 Å². The highest BCUT2D eigenvalue weighted by atomic mass is 32.1.